The Morgan fingerprint density at radius 3 is 1.29 bits per heavy atom. The van der Waals surface area contributed by atoms with Gasteiger partial charge in [0.15, 0.2) is 0 Å². The van der Waals surface area contributed by atoms with Crippen molar-refractivity contribution in [2.45, 2.75) is 244 Å². The zero-order valence-electron chi connectivity index (χ0n) is 44.8. The lowest BCUT2D eigenvalue weighted by Crippen LogP contribution is -2.46. The van der Waals surface area contributed by atoms with Crippen molar-refractivity contribution in [1.29, 1.82) is 0 Å². The predicted octanol–water partition coefficient (Wildman–Crippen LogP) is 16.9. The first kappa shape index (κ1) is 65.7. The molecule has 9 heteroatoms. The molecule has 0 fully saturated rings. The number of likely N-dealkylation sites (N-methyl/N-ethyl adjacent to an activating group) is 1. The first-order chi connectivity index (χ1) is 33.0. The number of nitrogens with zero attached hydrogens (tertiary/aromatic N) is 1. The smallest absolute Gasteiger partial charge is 0.391 e. The van der Waals surface area contributed by atoms with E-state index in [1.165, 1.54) is 122 Å². The van der Waals surface area contributed by atoms with Crippen LogP contribution in [0, 0.1) is 0 Å². The van der Waals surface area contributed by atoms with E-state index >= 15 is 0 Å². The highest BCUT2D eigenvalue weighted by Crippen LogP contribution is 2.43. The van der Waals surface area contributed by atoms with Crippen LogP contribution in [-0.2, 0) is 18.4 Å². The molecule has 0 aliphatic rings. The third kappa shape index (κ3) is 51.5. The zero-order valence-corrected chi connectivity index (χ0v) is 45.7. The number of phosphoric acid groups is 1. The molecular formula is C59H108N2O6P+. The van der Waals surface area contributed by atoms with E-state index in [0.717, 1.165) is 83.5 Å². The van der Waals surface area contributed by atoms with Gasteiger partial charge in [0.05, 0.1) is 39.9 Å². The minimum absolute atomic E-state index is 0.0710. The number of allylic oxidation sites excluding steroid dienone is 14. The van der Waals surface area contributed by atoms with Crippen LogP contribution in [0.25, 0.3) is 0 Å². The Hall–Kier alpha value is -2.32. The van der Waals surface area contributed by atoms with Crippen LogP contribution in [0.5, 0.6) is 0 Å². The number of carbonyl (C=O) groups excluding carboxylic acids is 1. The number of quaternary nitrogens is 1. The summed E-state index contributed by atoms with van der Waals surface area (Å²) >= 11 is 0. The fourth-order valence-corrected chi connectivity index (χ4v) is 8.53. The Morgan fingerprint density at radius 2 is 0.882 bits per heavy atom. The number of nitrogens with one attached hydrogen (secondary N) is 1. The zero-order chi connectivity index (χ0) is 49.9. The topological polar surface area (TPSA) is 105 Å². The Labute approximate surface area is 420 Å². The van der Waals surface area contributed by atoms with Crippen LogP contribution in [0.2, 0.25) is 0 Å². The van der Waals surface area contributed by atoms with E-state index in [4.69, 9.17) is 9.05 Å². The van der Waals surface area contributed by atoms with Gasteiger partial charge < -0.3 is 19.8 Å². The third-order valence-corrected chi connectivity index (χ3v) is 13.1. The molecule has 0 aliphatic carbocycles. The molecule has 0 aromatic heterocycles. The van der Waals surface area contributed by atoms with Gasteiger partial charge >= 0.3 is 7.82 Å². The second kappa shape index (κ2) is 49.7. The van der Waals surface area contributed by atoms with Crippen molar-refractivity contribution in [3.8, 4) is 0 Å². The summed E-state index contributed by atoms with van der Waals surface area (Å²) in [6.45, 7) is 4.77. The SMILES string of the molecule is CC/C=C\C/C=C\C/C=C\C/C=C\C/C=C\C/C=C\C/C=C\CCCCCCCCCCCCCC(=O)NC(COP(=O)(O)OCC[N+](C)(C)C)C(O)CCCCCCCCCCCCCCC. The summed E-state index contributed by atoms with van der Waals surface area (Å²) in [6.07, 6.45) is 69.2. The van der Waals surface area contributed by atoms with Crippen molar-refractivity contribution in [3.63, 3.8) is 0 Å². The van der Waals surface area contributed by atoms with Gasteiger partial charge in [-0.1, -0.05) is 240 Å². The highest BCUT2D eigenvalue weighted by molar-refractivity contribution is 7.47. The van der Waals surface area contributed by atoms with E-state index in [1.54, 1.807) is 0 Å². The number of carbonyl (C=O) groups is 1. The number of aliphatic hydroxyl groups is 1. The van der Waals surface area contributed by atoms with Gasteiger partial charge in [-0.3, -0.25) is 13.8 Å². The number of rotatable bonds is 50. The van der Waals surface area contributed by atoms with Crippen LogP contribution >= 0.6 is 7.82 Å². The number of hydrogen-bond donors (Lipinski definition) is 3. The van der Waals surface area contributed by atoms with Crippen molar-refractivity contribution in [2.24, 2.45) is 0 Å². The normalized spacial score (nSPS) is 14.6. The van der Waals surface area contributed by atoms with E-state index in [0.29, 0.717) is 23.9 Å². The van der Waals surface area contributed by atoms with Crippen LogP contribution in [-0.4, -0.2) is 73.4 Å². The molecule has 394 valence electrons. The van der Waals surface area contributed by atoms with Gasteiger partial charge in [-0.05, 0) is 70.6 Å². The molecular weight excluding hydrogens is 864 g/mol. The van der Waals surface area contributed by atoms with Gasteiger partial charge in [-0.15, -0.1) is 0 Å². The molecule has 0 aromatic rings. The van der Waals surface area contributed by atoms with Crippen LogP contribution in [0.1, 0.15) is 232 Å². The monoisotopic (exact) mass is 972 g/mol. The fourth-order valence-electron chi connectivity index (χ4n) is 7.79. The summed E-state index contributed by atoms with van der Waals surface area (Å²) in [5.74, 6) is -0.151. The summed E-state index contributed by atoms with van der Waals surface area (Å²) < 4.78 is 23.7. The summed E-state index contributed by atoms with van der Waals surface area (Å²) in [5.41, 5.74) is 0. The Kier molecular flexibility index (Phi) is 48.0. The first-order valence-electron chi connectivity index (χ1n) is 28.0. The summed E-state index contributed by atoms with van der Waals surface area (Å²) in [7, 11) is 1.61. The molecule has 0 spiro atoms. The van der Waals surface area contributed by atoms with Crippen LogP contribution in [0.4, 0.5) is 0 Å². The molecule has 0 radical (unpaired) electrons. The van der Waals surface area contributed by atoms with Gasteiger partial charge in [-0.25, -0.2) is 4.57 Å². The lowest BCUT2D eigenvalue weighted by Gasteiger charge is -2.26. The van der Waals surface area contributed by atoms with Gasteiger partial charge in [0.2, 0.25) is 5.91 Å². The molecule has 0 aliphatic heterocycles. The van der Waals surface area contributed by atoms with Crippen molar-refractivity contribution in [3.05, 3.63) is 85.1 Å². The second-order valence-electron chi connectivity index (χ2n) is 19.9. The molecule has 3 unspecified atom stereocenters. The van der Waals surface area contributed by atoms with Gasteiger partial charge in [0.25, 0.3) is 0 Å². The molecule has 0 rings (SSSR count). The van der Waals surface area contributed by atoms with E-state index in [2.05, 4.69) is 104 Å². The standard InChI is InChI=1S/C59H107N2O6P/c1-6-8-10-12-14-16-18-20-21-22-23-24-25-26-27-28-29-30-31-32-33-34-35-36-37-38-39-41-43-45-47-49-51-53-59(63)60-57(56-67-68(64,65)66-55-54-61(3,4)5)58(62)52-50-48-46-44-42-40-19-17-15-13-11-9-7-2/h8,10,14,16,20-21,23-24,26-27,29-30,32-33,57-58,62H,6-7,9,11-13,15,17-19,22,25,28,31,34-56H2,1-5H3,(H-,60,63,64,65)/p+1/b10-8-,16-14-,21-20-,24-23-,27-26-,30-29-,33-32-. The number of aliphatic hydroxyl groups excluding tert-OH is 1. The highest BCUT2D eigenvalue weighted by atomic mass is 31.2. The average molecular weight is 972 g/mol. The predicted molar refractivity (Wildman–Crippen MR) is 295 cm³/mol. The maximum atomic E-state index is 13.0. The molecule has 8 nitrogen and oxygen atoms in total. The lowest BCUT2D eigenvalue weighted by atomic mass is 10.0. The van der Waals surface area contributed by atoms with E-state index < -0.39 is 20.0 Å². The number of phosphoric ester groups is 1. The quantitative estimate of drug-likeness (QED) is 0.0243. The first-order valence-corrected chi connectivity index (χ1v) is 29.4. The molecule has 68 heavy (non-hydrogen) atoms. The number of amides is 1. The maximum Gasteiger partial charge on any atom is 0.472 e. The minimum Gasteiger partial charge on any atom is -0.391 e. The Morgan fingerprint density at radius 1 is 0.515 bits per heavy atom. The molecule has 0 aromatic carbocycles. The average Bonchev–Trinajstić information content (AvgIpc) is 3.30. The molecule has 0 saturated carbocycles. The van der Waals surface area contributed by atoms with Crippen LogP contribution < -0.4 is 5.32 Å². The molecule has 0 heterocycles. The van der Waals surface area contributed by atoms with Crippen molar-refractivity contribution >= 4 is 13.7 Å². The maximum absolute atomic E-state index is 13.0. The Balaban J connectivity index is 4.10. The minimum atomic E-state index is -4.32. The molecule has 3 N–H and O–H groups in total. The van der Waals surface area contributed by atoms with Crippen molar-refractivity contribution in [2.75, 3.05) is 40.9 Å². The fraction of sp³-hybridized carbons (Fsp3) is 0.746. The molecule has 0 bridgehead atoms. The van der Waals surface area contributed by atoms with Crippen molar-refractivity contribution in [1.82, 2.24) is 5.32 Å². The summed E-state index contributed by atoms with van der Waals surface area (Å²) in [5, 5.41) is 14.0. The van der Waals surface area contributed by atoms with Crippen molar-refractivity contribution < 1.29 is 32.9 Å². The largest absolute Gasteiger partial charge is 0.472 e. The summed E-state index contributed by atoms with van der Waals surface area (Å²) in [6, 6.07) is -0.766. The van der Waals surface area contributed by atoms with Gasteiger partial charge in [0, 0.05) is 6.42 Å². The second-order valence-corrected chi connectivity index (χ2v) is 21.4. The van der Waals surface area contributed by atoms with Crippen LogP contribution in [0.15, 0.2) is 85.1 Å². The number of hydrogen-bond acceptors (Lipinski definition) is 5. The molecule has 3 atom stereocenters. The van der Waals surface area contributed by atoms with E-state index in [9.17, 15) is 19.4 Å². The molecule has 1 amide bonds. The van der Waals surface area contributed by atoms with Gasteiger partial charge in [0.1, 0.15) is 13.2 Å². The van der Waals surface area contributed by atoms with E-state index in [-0.39, 0.29) is 19.1 Å². The third-order valence-electron chi connectivity index (χ3n) is 12.2. The van der Waals surface area contributed by atoms with Gasteiger partial charge in [-0.2, -0.15) is 0 Å². The summed E-state index contributed by atoms with van der Waals surface area (Å²) in [4.78, 5) is 23.3. The van der Waals surface area contributed by atoms with E-state index in [1.807, 2.05) is 21.1 Å². The lowest BCUT2D eigenvalue weighted by molar-refractivity contribution is -0.870. The van der Waals surface area contributed by atoms with Crippen LogP contribution in [0.3, 0.4) is 0 Å². The molecule has 0 saturated heterocycles. The number of unbranched alkanes of at least 4 members (excludes halogenated alkanes) is 23. The Bertz CT molecular complexity index is 1380. The highest BCUT2D eigenvalue weighted by Gasteiger charge is 2.28.